The predicted molar refractivity (Wildman–Crippen MR) is 76.6 cm³/mol. The Hall–Kier alpha value is -1.46. The Balaban J connectivity index is 1.79. The van der Waals surface area contributed by atoms with Crippen LogP contribution in [0.1, 0.15) is 25.3 Å². The molecule has 0 bridgehead atoms. The minimum absolute atomic E-state index is 0.0766. The molecule has 100 valence electrons. The van der Waals surface area contributed by atoms with Crippen molar-refractivity contribution in [3.63, 3.8) is 0 Å². The average molecular weight is 276 g/mol. The van der Waals surface area contributed by atoms with E-state index in [1.807, 2.05) is 6.07 Å². The van der Waals surface area contributed by atoms with Crippen molar-refractivity contribution in [1.29, 1.82) is 0 Å². The molecule has 1 aromatic heterocycles. The lowest BCUT2D eigenvalue weighted by Gasteiger charge is -2.07. The van der Waals surface area contributed by atoms with Crippen LogP contribution in [0.15, 0.2) is 18.2 Å². The van der Waals surface area contributed by atoms with E-state index in [1.165, 1.54) is 16.9 Å². The van der Waals surface area contributed by atoms with Crippen LogP contribution in [0.25, 0.3) is 10.2 Å². The van der Waals surface area contributed by atoms with Crippen molar-refractivity contribution < 1.29 is 9.53 Å². The van der Waals surface area contributed by atoms with E-state index in [2.05, 4.69) is 29.4 Å². The van der Waals surface area contributed by atoms with Gasteiger partial charge in [0, 0.05) is 6.61 Å². The molecular weight excluding hydrogens is 260 g/mol. The number of aryl methyl sites for hydroxylation is 1. The molecule has 1 aliphatic heterocycles. The number of benzene rings is 1. The van der Waals surface area contributed by atoms with Gasteiger partial charge in [-0.15, -0.1) is 0 Å². The quantitative estimate of drug-likeness (QED) is 0.937. The Morgan fingerprint density at radius 2 is 2.47 bits per heavy atom. The zero-order chi connectivity index (χ0) is 13.2. The molecule has 1 atom stereocenters. The van der Waals surface area contributed by atoms with Gasteiger partial charge in [0.1, 0.15) is 6.10 Å². The number of carbonyl (C=O) groups is 1. The maximum absolute atomic E-state index is 11.9. The van der Waals surface area contributed by atoms with Crippen molar-refractivity contribution in [3.05, 3.63) is 23.8 Å². The Labute approximate surface area is 115 Å². The number of aromatic nitrogens is 1. The number of fused-ring (bicyclic) bond motifs is 1. The summed E-state index contributed by atoms with van der Waals surface area (Å²) in [6, 6.07) is 6.22. The van der Waals surface area contributed by atoms with E-state index in [9.17, 15) is 4.79 Å². The summed E-state index contributed by atoms with van der Waals surface area (Å²) >= 11 is 1.52. The minimum atomic E-state index is -0.307. The highest BCUT2D eigenvalue weighted by Gasteiger charge is 2.24. The fourth-order valence-corrected chi connectivity index (χ4v) is 3.15. The highest BCUT2D eigenvalue weighted by atomic mass is 32.1. The van der Waals surface area contributed by atoms with E-state index in [1.54, 1.807) is 0 Å². The van der Waals surface area contributed by atoms with Gasteiger partial charge in [0.25, 0.3) is 5.91 Å². The highest BCUT2D eigenvalue weighted by Crippen LogP contribution is 2.27. The second-order valence-electron chi connectivity index (χ2n) is 4.67. The van der Waals surface area contributed by atoms with E-state index >= 15 is 0 Å². The van der Waals surface area contributed by atoms with Crippen molar-refractivity contribution in [2.45, 2.75) is 32.3 Å². The molecule has 2 aromatic rings. The van der Waals surface area contributed by atoms with Crippen molar-refractivity contribution in [2.75, 3.05) is 11.9 Å². The number of thiazole rings is 1. The van der Waals surface area contributed by atoms with Crippen LogP contribution >= 0.6 is 11.3 Å². The number of amides is 1. The first-order valence-electron chi connectivity index (χ1n) is 6.58. The molecule has 19 heavy (non-hydrogen) atoms. The van der Waals surface area contributed by atoms with Crippen molar-refractivity contribution in [2.24, 2.45) is 0 Å². The van der Waals surface area contributed by atoms with Gasteiger partial charge in [-0.25, -0.2) is 4.98 Å². The summed E-state index contributed by atoms with van der Waals surface area (Å²) in [5.41, 5.74) is 2.22. The van der Waals surface area contributed by atoms with E-state index < -0.39 is 0 Å². The first kappa shape index (κ1) is 12.6. The molecule has 3 rings (SSSR count). The number of nitrogens with zero attached hydrogens (tertiary/aromatic N) is 1. The number of hydrogen-bond donors (Lipinski definition) is 1. The average Bonchev–Trinajstić information content (AvgIpc) is 3.06. The molecular formula is C14H16N2O2S. The van der Waals surface area contributed by atoms with Gasteiger partial charge < -0.3 is 4.74 Å². The maximum atomic E-state index is 11.9. The molecule has 1 aliphatic rings. The monoisotopic (exact) mass is 276 g/mol. The lowest BCUT2D eigenvalue weighted by atomic mass is 10.2. The first-order chi connectivity index (χ1) is 9.26. The zero-order valence-electron chi connectivity index (χ0n) is 10.8. The second-order valence-corrected chi connectivity index (χ2v) is 5.70. The molecule has 0 unspecified atom stereocenters. The third-order valence-electron chi connectivity index (χ3n) is 3.31. The summed E-state index contributed by atoms with van der Waals surface area (Å²) in [6.07, 6.45) is 2.46. The van der Waals surface area contributed by atoms with E-state index in [-0.39, 0.29) is 12.0 Å². The summed E-state index contributed by atoms with van der Waals surface area (Å²) < 4.78 is 6.48. The Kier molecular flexibility index (Phi) is 3.48. The molecule has 1 fully saturated rings. The van der Waals surface area contributed by atoms with Crippen LogP contribution in [0, 0.1) is 0 Å². The summed E-state index contributed by atoms with van der Waals surface area (Å²) in [6.45, 7) is 2.81. The summed E-state index contributed by atoms with van der Waals surface area (Å²) in [4.78, 5) is 16.4. The molecule has 1 aromatic carbocycles. The number of nitrogens with one attached hydrogen (secondary N) is 1. The smallest absolute Gasteiger partial charge is 0.255 e. The largest absolute Gasteiger partial charge is 0.368 e. The van der Waals surface area contributed by atoms with Gasteiger partial charge in [-0.3, -0.25) is 10.1 Å². The van der Waals surface area contributed by atoms with Crippen molar-refractivity contribution >= 4 is 32.6 Å². The molecule has 0 spiro atoms. The zero-order valence-corrected chi connectivity index (χ0v) is 11.6. The second kappa shape index (κ2) is 5.27. The van der Waals surface area contributed by atoms with E-state index in [4.69, 9.17) is 4.74 Å². The van der Waals surface area contributed by atoms with Gasteiger partial charge in [0.15, 0.2) is 5.13 Å². The van der Waals surface area contributed by atoms with Gasteiger partial charge in [0.2, 0.25) is 0 Å². The van der Waals surface area contributed by atoms with Crippen LogP contribution in [-0.2, 0) is 16.0 Å². The van der Waals surface area contributed by atoms with Crippen LogP contribution in [0.5, 0.6) is 0 Å². The summed E-state index contributed by atoms with van der Waals surface area (Å²) in [5, 5.41) is 3.51. The van der Waals surface area contributed by atoms with E-state index in [0.29, 0.717) is 11.7 Å². The van der Waals surface area contributed by atoms with Gasteiger partial charge in [-0.2, -0.15) is 0 Å². The van der Waals surface area contributed by atoms with Gasteiger partial charge in [-0.1, -0.05) is 24.3 Å². The Morgan fingerprint density at radius 3 is 3.21 bits per heavy atom. The molecule has 5 heteroatoms. The highest BCUT2D eigenvalue weighted by molar-refractivity contribution is 7.22. The minimum Gasteiger partial charge on any atom is -0.368 e. The lowest BCUT2D eigenvalue weighted by molar-refractivity contribution is -0.124. The standard InChI is InChI=1S/C14H16N2O2S/c1-2-9-5-6-10-12(8-9)19-14(15-10)16-13(17)11-4-3-7-18-11/h5-6,8,11H,2-4,7H2,1H3,(H,15,16,17)/t11-/m1/s1. The molecule has 0 saturated carbocycles. The molecule has 1 N–H and O–H groups in total. The number of hydrogen-bond acceptors (Lipinski definition) is 4. The van der Waals surface area contributed by atoms with Gasteiger partial charge in [-0.05, 0) is 37.0 Å². The molecule has 4 nitrogen and oxygen atoms in total. The summed E-state index contributed by atoms with van der Waals surface area (Å²) in [7, 11) is 0. The molecule has 0 radical (unpaired) electrons. The first-order valence-corrected chi connectivity index (χ1v) is 7.40. The fourth-order valence-electron chi connectivity index (χ4n) is 2.21. The topological polar surface area (TPSA) is 51.2 Å². The van der Waals surface area contributed by atoms with E-state index in [0.717, 1.165) is 29.5 Å². The van der Waals surface area contributed by atoms with Crippen molar-refractivity contribution in [1.82, 2.24) is 4.98 Å². The summed E-state index contributed by atoms with van der Waals surface area (Å²) in [5.74, 6) is -0.0766. The van der Waals surface area contributed by atoms with Crippen LogP contribution < -0.4 is 5.32 Å². The normalized spacial score (nSPS) is 18.9. The van der Waals surface area contributed by atoms with Crippen molar-refractivity contribution in [3.8, 4) is 0 Å². The third kappa shape index (κ3) is 2.62. The number of carbonyl (C=O) groups excluding carboxylic acids is 1. The predicted octanol–water partition coefficient (Wildman–Crippen LogP) is 2.98. The van der Waals surface area contributed by atoms with Crippen LogP contribution in [0.2, 0.25) is 0 Å². The Bertz CT molecular complexity index is 603. The number of rotatable bonds is 3. The molecule has 2 heterocycles. The SMILES string of the molecule is CCc1ccc2nc(NC(=O)[C@H]3CCCO3)sc2c1. The fraction of sp³-hybridized carbons (Fsp3) is 0.429. The molecule has 1 amide bonds. The van der Waals surface area contributed by atoms with Crippen LogP contribution in [0.4, 0.5) is 5.13 Å². The lowest BCUT2D eigenvalue weighted by Crippen LogP contribution is -2.26. The van der Waals surface area contributed by atoms with Crippen LogP contribution in [-0.4, -0.2) is 23.6 Å². The van der Waals surface area contributed by atoms with Gasteiger partial charge in [0.05, 0.1) is 10.2 Å². The number of ether oxygens (including phenoxy) is 1. The number of anilines is 1. The van der Waals surface area contributed by atoms with Crippen LogP contribution in [0.3, 0.4) is 0 Å². The molecule has 0 aliphatic carbocycles. The molecule has 1 saturated heterocycles. The Morgan fingerprint density at radius 1 is 1.58 bits per heavy atom. The van der Waals surface area contributed by atoms with Gasteiger partial charge >= 0.3 is 0 Å². The maximum Gasteiger partial charge on any atom is 0.255 e. The third-order valence-corrected chi connectivity index (χ3v) is 4.25.